The molecule has 1 aromatic carbocycles. The van der Waals surface area contributed by atoms with E-state index in [4.69, 9.17) is 5.73 Å². The minimum absolute atomic E-state index is 0.0117. The smallest absolute Gasteiger partial charge is 0.230 e. The van der Waals surface area contributed by atoms with E-state index in [0.29, 0.717) is 5.69 Å². The number of anilines is 1. The largest absolute Gasteiger partial charge is 0.399 e. The van der Waals surface area contributed by atoms with Gasteiger partial charge in [0.15, 0.2) is 0 Å². The summed E-state index contributed by atoms with van der Waals surface area (Å²) in [6.45, 7) is 3.99. The fourth-order valence-corrected chi connectivity index (χ4v) is 3.00. The Morgan fingerprint density at radius 2 is 1.90 bits per heavy atom. The fourth-order valence-electron chi connectivity index (χ4n) is 3.00. The minimum Gasteiger partial charge on any atom is -0.399 e. The number of aliphatic hydroxyl groups is 1. The van der Waals surface area contributed by atoms with E-state index in [-0.39, 0.29) is 24.5 Å². The molecule has 4 N–H and O–H groups in total. The second-order valence-corrected chi connectivity index (χ2v) is 6.55. The molecule has 1 aromatic rings. The van der Waals surface area contributed by atoms with Gasteiger partial charge in [0.25, 0.3) is 0 Å². The van der Waals surface area contributed by atoms with Crippen molar-refractivity contribution in [2.75, 3.05) is 12.3 Å². The van der Waals surface area contributed by atoms with Crippen molar-refractivity contribution in [2.45, 2.75) is 51.0 Å². The van der Waals surface area contributed by atoms with Crippen molar-refractivity contribution < 1.29 is 9.90 Å². The maximum Gasteiger partial charge on any atom is 0.230 e. The van der Waals surface area contributed by atoms with Crippen LogP contribution in [0.4, 0.5) is 5.69 Å². The first kappa shape index (κ1) is 15.8. The van der Waals surface area contributed by atoms with Crippen LogP contribution in [0.5, 0.6) is 0 Å². The number of aliphatic hydroxyl groups excluding tert-OH is 1. The predicted molar refractivity (Wildman–Crippen MR) is 84.9 cm³/mol. The molecule has 0 spiro atoms. The molecule has 0 saturated heterocycles. The maximum absolute atomic E-state index is 12.7. The van der Waals surface area contributed by atoms with Gasteiger partial charge in [0.2, 0.25) is 5.91 Å². The zero-order valence-electron chi connectivity index (χ0n) is 12.9. The maximum atomic E-state index is 12.7. The van der Waals surface area contributed by atoms with Gasteiger partial charge < -0.3 is 16.2 Å². The topological polar surface area (TPSA) is 75.3 Å². The Labute approximate surface area is 126 Å². The van der Waals surface area contributed by atoms with Crippen LogP contribution in [-0.4, -0.2) is 23.7 Å². The lowest BCUT2D eigenvalue weighted by Gasteiger charge is -2.34. The molecule has 1 saturated carbocycles. The monoisotopic (exact) mass is 290 g/mol. The Balaban J connectivity index is 2.08. The second kappa shape index (κ2) is 6.48. The molecule has 2 atom stereocenters. The lowest BCUT2D eigenvalue weighted by Crippen LogP contribution is -2.49. The molecule has 0 aliphatic heterocycles. The number of carbonyl (C=O) groups excluding carboxylic acids is 1. The van der Waals surface area contributed by atoms with Gasteiger partial charge >= 0.3 is 0 Å². The van der Waals surface area contributed by atoms with Crippen molar-refractivity contribution in [3.8, 4) is 0 Å². The predicted octanol–water partition coefficient (Wildman–Crippen LogP) is 2.21. The van der Waals surface area contributed by atoms with Crippen LogP contribution in [-0.2, 0) is 10.2 Å². The molecule has 21 heavy (non-hydrogen) atoms. The molecular weight excluding hydrogens is 264 g/mol. The van der Waals surface area contributed by atoms with Crippen molar-refractivity contribution in [3.63, 3.8) is 0 Å². The van der Waals surface area contributed by atoms with Crippen molar-refractivity contribution in [3.05, 3.63) is 29.8 Å². The first-order chi connectivity index (χ1) is 9.95. The number of carbonyl (C=O) groups is 1. The van der Waals surface area contributed by atoms with Crippen molar-refractivity contribution >= 4 is 11.6 Å². The lowest BCUT2D eigenvalue weighted by molar-refractivity contribution is -0.127. The molecular formula is C17H26N2O2. The normalized spacial score (nSPS) is 22.8. The quantitative estimate of drug-likeness (QED) is 0.744. The third-order valence-corrected chi connectivity index (χ3v) is 4.66. The molecule has 1 aliphatic carbocycles. The van der Waals surface area contributed by atoms with Crippen molar-refractivity contribution in [2.24, 2.45) is 5.92 Å². The molecule has 116 valence electrons. The molecule has 0 radical (unpaired) electrons. The minimum atomic E-state index is -0.606. The van der Waals surface area contributed by atoms with Crippen LogP contribution in [0.15, 0.2) is 24.3 Å². The summed E-state index contributed by atoms with van der Waals surface area (Å²) in [5.41, 5.74) is 6.74. The van der Waals surface area contributed by atoms with Gasteiger partial charge in [-0.25, -0.2) is 0 Å². The number of rotatable bonds is 4. The third kappa shape index (κ3) is 3.56. The summed E-state index contributed by atoms with van der Waals surface area (Å²) in [4.78, 5) is 12.7. The van der Waals surface area contributed by atoms with Crippen LogP contribution in [0.2, 0.25) is 0 Å². The number of hydrogen-bond donors (Lipinski definition) is 3. The molecule has 1 fully saturated rings. The Hall–Kier alpha value is -1.55. The van der Waals surface area contributed by atoms with Crippen LogP contribution in [0.3, 0.4) is 0 Å². The van der Waals surface area contributed by atoms with Gasteiger partial charge in [-0.3, -0.25) is 4.79 Å². The van der Waals surface area contributed by atoms with E-state index >= 15 is 0 Å². The van der Waals surface area contributed by atoms with E-state index in [1.54, 1.807) is 0 Å². The van der Waals surface area contributed by atoms with E-state index in [9.17, 15) is 9.90 Å². The van der Waals surface area contributed by atoms with Gasteiger partial charge in [0.1, 0.15) is 0 Å². The van der Waals surface area contributed by atoms with Gasteiger partial charge in [0, 0.05) is 24.3 Å². The van der Waals surface area contributed by atoms with Gasteiger partial charge in [-0.2, -0.15) is 0 Å². The zero-order valence-corrected chi connectivity index (χ0v) is 12.9. The average molecular weight is 290 g/mol. The SMILES string of the molecule is CC(C)(C(=O)NC1CCCCC1CO)c1ccc(N)cc1. The van der Waals surface area contributed by atoms with Crippen LogP contribution in [0.1, 0.15) is 45.1 Å². The Morgan fingerprint density at radius 3 is 2.52 bits per heavy atom. The van der Waals surface area contributed by atoms with Gasteiger partial charge in [0.05, 0.1) is 5.41 Å². The number of benzene rings is 1. The van der Waals surface area contributed by atoms with E-state index in [2.05, 4.69) is 5.32 Å². The summed E-state index contributed by atoms with van der Waals surface area (Å²) in [5, 5.41) is 12.6. The summed E-state index contributed by atoms with van der Waals surface area (Å²) in [6, 6.07) is 7.53. The van der Waals surface area contributed by atoms with Gasteiger partial charge in [-0.1, -0.05) is 25.0 Å². The van der Waals surface area contributed by atoms with Crippen molar-refractivity contribution in [1.82, 2.24) is 5.32 Å². The Morgan fingerprint density at radius 1 is 1.29 bits per heavy atom. The van der Waals surface area contributed by atoms with Crippen LogP contribution >= 0.6 is 0 Å². The third-order valence-electron chi connectivity index (χ3n) is 4.66. The molecule has 2 unspecified atom stereocenters. The highest BCUT2D eigenvalue weighted by molar-refractivity contribution is 5.87. The molecule has 4 nitrogen and oxygen atoms in total. The van der Waals surface area contributed by atoms with E-state index in [0.717, 1.165) is 31.2 Å². The molecule has 2 rings (SSSR count). The molecule has 1 amide bonds. The highest BCUT2D eigenvalue weighted by Crippen LogP contribution is 2.28. The molecule has 0 aromatic heterocycles. The Kier molecular flexibility index (Phi) is 4.88. The molecule has 4 heteroatoms. The summed E-state index contributed by atoms with van der Waals surface area (Å²) >= 11 is 0. The van der Waals surface area contributed by atoms with Crippen LogP contribution in [0.25, 0.3) is 0 Å². The van der Waals surface area contributed by atoms with Crippen molar-refractivity contribution in [1.29, 1.82) is 0 Å². The number of hydrogen-bond acceptors (Lipinski definition) is 3. The average Bonchev–Trinajstić information content (AvgIpc) is 2.48. The molecule has 0 bridgehead atoms. The first-order valence-corrected chi connectivity index (χ1v) is 7.73. The summed E-state index contributed by atoms with van der Waals surface area (Å²) in [5.74, 6) is 0.197. The Bertz CT molecular complexity index is 482. The second-order valence-electron chi connectivity index (χ2n) is 6.55. The summed E-state index contributed by atoms with van der Waals surface area (Å²) < 4.78 is 0. The summed E-state index contributed by atoms with van der Waals surface area (Å²) in [6.07, 6.45) is 4.20. The van der Waals surface area contributed by atoms with E-state index < -0.39 is 5.41 Å². The highest BCUT2D eigenvalue weighted by Gasteiger charge is 2.33. The van der Waals surface area contributed by atoms with Gasteiger partial charge in [-0.05, 0) is 44.4 Å². The van der Waals surface area contributed by atoms with Crippen LogP contribution < -0.4 is 11.1 Å². The van der Waals surface area contributed by atoms with Gasteiger partial charge in [-0.15, -0.1) is 0 Å². The van der Waals surface area contributed by atoms with E-state index in [1.807, 2.05) is 38.1 Å². The number of amides is 1. The number of nitrogens with two attached hydrogens (primary N) is 1. The lowest BCUT2D eigenvalue weighted by atomic mass is 9.81. The number of nitrogen functional groups attached to an aromatic ring is 1. The van der Waals surface area contributed by atoms with E-state index in [1.165, 1.54) is 0 Å². The van der Waals surface area contributed by atoms with Crippen LogP contribution in [0, 0.1) is 5.92 Å². The highest BCUT2D eigenvalue weighted by atomic mass is 16.3. The summed E-state index contributed by atoms with van der Waals surface area (Å²) in [7, 11) is 0. The first-order valence-electron chi connectivity index (χ1n) is 7.73. The standard InChI is InChI=1S/C17H26N2O2/c1-17(2,13-7-9-14(18)10-8-13)16(21)19-15-6-4-3-5-12(15)11-20/h7-10,12,15,20H,3-6,11,18H2,1-2H3,(H,19,21). The molecule has 0 heterocycles. The molecule has 1 aliphatic rings. The fraction of sp³-hybridized carbons (Fsp3) is 0.588. The zero-order chi connectivity index (χ0) is 15.5. The number of nitrogens with one attached hydrogen (secondary N) is 1.